The number of ether oxygens (including phenoxy) is 1. The molecule has 2 aliphatic rings. The van der Waals surface area contributed by atoms with Crippen LogP contribution in [0.4, 0.5) is 11.4 Å². The molecule has 0 radical (unpaired) electrons. The Balaban J connectivity index is 1.56. The number of sulfone groups is 1. The molecule has 1 aromatic heterocycles. The van der Waals surface area contributed by atoms with Crippen molar-refractivity contribution in [1.82, 2.24) is 9.55 Å². The summed E-state index contributed by atoms with van der Waals surface area (Å²) < 4.78 is 31.4. The third-order valence-electron chi connectivity index (χ3n) is 8.15. The van der Waals surface area contributed by atoms with E-state index in [9.17, 15) is 18.5 Å². The van der Waals surface area contributed by atoms with Crippen molar-refractivity contribution in [3.63, 3.8) is 0 Å². The number of piperidine rings is 1. The summed E-state index contributed by atoms with van der Waals surface area (Å²) in [6, 6.07) is 9.11. The van der Waals surface area contributed by atoms with Crippen LogP contribution in [0.25, 0.3) is 0 Å². The topological polar surface area (TPSA) is 117 Å². The van der Waals surface area contributed by atoms with Crippen LogP contribution in [0.1, 0.15) is 66.8 Å². The molecule has 2 aromatic rings. The van der Waals surface area contributed by atoms with Gasteiger partial charge in [-0.1, -0.05) is 39.1 Å². The molecule has 218 valence electrons. The largest absolute Gasteiger partial charge is 0.370 e. The summed E-state index contributed by atoms with van der Waals surface area (Å²) in [4.78, 5) is 20.1. The van der Waals surface area contributed by atoms with Crippen LogP contribution in [-0.4, -0.2) is 63.2 Å². The lowest BCUT2D eigenvalue weighted by atomic mass is 9.91. The van der Waals surface area contributed by atoms with E-state index in [1.54, 1.807) is 10.8 Å². The fourth-order valence-electron chi connectivity index (χ4n) is 5.44. The van der Waals surface area contributed by atoms with Gasteiger partial charge in [0.2, 0.25) is 5.82 Å². The minimum atomic E-state index is -2.95. The molecule has 0 unspecified atom stereocenters. The van der Waals surface area contributed by atoms with Crippen LogP contribution in [0.5, 0.6) is 0 Å². The number of benzene rings is 1. The number of imidazole rings is 1. The molecule has 3 heterocycles. The van der Waals surface area contributed by atoms with Gasteiger partial charge in [-0.3, -0.25) is 4.79 Å². The highest BCUT2D eigenvalue weighted by atomic mass is 32.2. The van der Waals surface area contributed by atoms with Gasteiger partial charge >= 0.3 is 0 Å². The average molecular weight is 586 g/mol. The zero-order chi connectivity index (χ0) is 28.9. The monoisotopic (exact) mass is 585 g/mol. The van der Waals surface area contributed by atoms with E-state index in [2.05, 4.69) is 47.8 Å². The lowest BCUT2D eigenvalue weighted by Crippen LogP contribution is -2.34. The maximum absolute atomic E-state index is 13.5. The van der Waals surface area contributed by atoms with Gasteiger partial charge in [0.1, 0.15) is 22.6 Å². The van der Waals surface area contributed by atoms with Gasteiger partial charge in [-0.15, -0.1) is 0 Å². The van der Waals surface area contributed by atoms with Crippen LogP contribution >= 0.6 is 0 Å². The van der Waals surface area contributed by atoms with Crippen LogP contribution in [-0.2, 0) is 21.3 Å². The second-order valence-corrected chi connectivity index (χ2v) is 20.3. The number of aromatic nitrogens is 2. The number of nitriles is 1. The van der Waals surface area contributed by atoms with Crippen LogP contribution < -0.4 is 10.2 Å². The molecule has 0 aliphatic carbocycles. The summed E-state index contributed by atoms with van der Waals surface area (Å²) in [7, 11) is -4.20. The summed E-state index contributed by atoms with van der Waals surface area (Å²) in [5, 5.41) is 12.5. The number of hydrogen-bond acceptors (Lipinski definition) is 7. The van der Waals surface area contributed by atoms with Gasteiger partial charge in [-0.2, -0.15) is 5.26 Å². The van der Waals surface area contributed by atoms with Crippen molar-refractivity contribution >= 4 is 35.2 Å². The van der Waals surface area contributed by atoms with E-state index in [0.29, 0.717) is 31.1 Å². The lowest BCUT2D eigenvalue weighted by Gasteiger charge is -2.35. The Kier molecular flexibility index (Phi) is 9.75. The molecule has 0 bridgehead atoms. The molecule has 1 aromatic carbocycles. The molecule has 40 heavy (non-hydrogen) atoms. The van der Waals surface area contributed by atoms with E-state index in [1.165, 1.54) is 0 Å². The maximum Gasteiger partial charge on any atom is 0.291 e. The molecule has 4 rings (SSSR count). The number of anilines is 2. The predicted octanol–water partition coefficient (Wildman–Crippen LogP) is 5.24. The number of nitrogens with one attached hydrogen (secondary N) is 1. The first-order valence-corrected chi connectivity index (χ1v) is 20.0. The highest BCUT2D eigenvalue weighted by molar-refractivity contribution is 7.91. The number of carbonyl (C=O) groups is 1. The van der Waals surface area contributed by atoms with Crippen molar-refractivity contribution in [2.75, 3.05) is 41.4 Å². The van der Waals surface area contributed by atoms with Crippen LogP contribution in [0.2, 0.25) is 25.7 Å². The van der Waals surface area contributed by atoms with Gasteiger partial charge in [0.25, 0.3) is 5.91 Å². The van der Waals surface area contributed by atoms with Crippen molar-refractivity contribution in [2.45, 2.75) is 77.4 Å². The predicted molar refractivity (Wildman–Crippen MR) is 161 cm³/mol. The fourth-order valence-corrected chi connectivity index (χ4v) is 7.69. The molecule has 2 saturated heterocycles. The number of hydrogen-bond donors (Lipinski definition) is 1. The van der Waals surface area contributed by atoms with Gasteiger partial charge in [0.15, 0.2) is 5.69 Å². The minimum absolute atomic E-state index is 0.141. The Hall–Kier alpha value is -2.68. The Labute approximate surface area is 239 Å². The van der Waals surface area contributed by atoms with E-state index in [4.69, 9.17) is 4.74 Å². The summed E-state index contributed by atoms with van der Waals surface area (Å²) in [6.45, 7) is 11.6. The zero-order valence-corrected chi connectivity index (χ0v) is 26.1. The van der Waals surface area contributed by atoms with Crippen molar-refractivity contribution < 1.29 is 17.9 Å². The van der Waals surface area contributed by atoms with Crippen molar-refractivity contribution in [3.05, 3.63) is 41.5 Å². The molecule has 0 saturated carbocycles. The van der Waals surface area contributed by atoms with E-state index in [1.807, 2.05) is 18.2 Å². The zero-order valence-electron chi connectivity index (χ0n) is 24.3. The third kappa shape index (κ3) is 7.95. The Morgan fingerprint density at radius 3 is 2.50 bits per heavy atom. The standard InChI is InChI=1S/C29H43N5O4SSi/c1-5-22-8-12-33(13-9-22)27-18-24(23-10-15-39(36,37)16-11-23)6-7-26(27)32-29(35)28-31-25(19-30)20-34(28)21-38-14-17-40(2,3)4/h6-7,18,20,22-23H,5,8-17,21H2,1-4H3,(H,32,35). The lowest BCUT2D eigenvalue weighted by molar-refractivity contribution is 0.0808. The Bertz CT molecular complexity index is 1320. The second kappa shape index (κ2) is 12.9. The molecule has 11 heteroatoms. The van der Waals surface area contributed by atoms with Gasteiger partial charge < -0.3 is 19.5 Å². The van der Waals surface area contributed by atoms with Gasteiger partial charge in [0, 0.05) is 34.0 Å². The van der Waals surface area contributed by atoms with Crippen molar-refractivity contribution in [1.29, 1.82) is 5.26 Å². The summed E-state index contributed by atoms with van der Waals surface area (Å²) in [5.41, 5.74) is 2.94. The smallest absolute Gasteiger partial charge is 0.291 e. The van der Waals surface area contributed by atoms with Gasteiger partial charge in [-0.25, -0.2) is 13.4 Å². The number of nitrogens with zero attached hydrogens (tertiary/aromatic N) is 4. The van der Waals surface area contributed by atoms with Gasteiger partial charge in [0.05, 0.1) is 22.9 Å². The van der Waals surface area contributed by atoms with Crippen LogP contribution in [0.3, 0.4) is 0 Å². The highest BCUT2D eigenvalue weighted by Gasteiger charge is 2.27. The van der Waals surface area contributed by atoms with Crippen molar-refractivity contribution in [2.24, 2.45) is 5.92 Å². The molecule has 1 N–H and O–H groups in total. The SMILES string of the molecule is CCC1CCN(c2cc(C3CCS(=O)(=O)CC3)ccc2NC(=O)c2nc(C#N)cn2COCC[Si](C)(C)C)CC1. The normalized spacial score (nSPS) is 18.4. The molecule has 9 nitrogen and oxygen atoms in total. The number of rotatable bonds is 10. The van der Waals surface area contributed by atoms with E-state index in [0.717, 1.165) is 49.6 Å². The summed E-state index contributed by atoms with van der Waals surface area (Å²) >= 11 is 0. The quantitative estimate of drug-likeness (QED) is 0.299. The Morgan fingerprint density at radius 1 is 1.18 bits per heavy atom. The molecule has 2 fully saturated rings. The van der Waals surface area contributed by atoms with Crippen molar-refractivity contribution in [3.8, 4) is 6.07 Å². The van der Waals surface area contributed by atoms with Crippen LogP contribution in [0, 0.1) is 17.2 Å². The fraction of sp³-hybridized carbons (Fsp3) is 0.621. The van der Waals surface area contributed by atoms with E-state index in [-0.39, 0.29) is 35.7 Å². The molecule has 0 spiro atoms. The first-order valence-electron chi connectivity index (χ1n) is 14.4. The Morgan fingerprint density at radius 2 is 1.88 bits per heavy atom. The van der Waals surface area contributed by atoms with E-state index >= 15 is 0 Å². The third-order valence-corrected chi connectivity index (χ3v) is 11.6. The summed E-state index contributed by atoms with van der Waals surface area (Å²) in [5.74, 6) is 1.08. The molecular formula is C29H43N5O4SSi. The first-order chi connectivity index (χ1) is 19.0. The second-order valence-electron chi connectivity index (χ2n) is 12.4. The maximum atomic E-state index is 13.5. The van der Waals surface area contributed by atoms with Crippen LogP contribution in [0.15, 0.2) is 24.4 Å². The molecule has 2 aliphatic heterocycles. The number of amides is 1. The van der Waals surface area contributed by atoms with E-state index < -0.39 is 23.8 Å². The first kappa shape index (κ1) is 30.3. The number of carbonyl (C=O) groups excluding carboxylic acids is 1. The summed E-state index contributed by atoms with van der Waals surface area (Å²) in [6.07, 6.45) is 6.16. The molecular weight excluding hydrogens is 543 g/mol. The molecule has 1 amide bonds. The van der Waals surface area contributed by atoms with Gasteiger partial charge in [-0.05, 0) is 61.3 Å². The molecule has 0 atom stereocenters. The minimum Gasteiger partial charge on any atom is -0.370 e. The average Bonchev–Trinajstić information content (AvgIpc) is 3.34. The highest BCUT2D eigenvalue weighted by Crippen LogP contribution is 2.37.